The topological polar surface area (TPSA) is 97.8 Å². The van der Waals surface area contributed by atoms with Gasteiger partial charge in [-0.25, -0.2) is 12.7 Å². The first-order chi connectivity index (χ1) is 15.3. The number of sulfonamides is 1. The fourth-order valence-electron chi connectivity index (χ4n) is 2.83. The molecule has 1 amide bonds. The second-order valence-electron chi connectivity index (χ2n) is 7.01. The average Bonchev–Trinajstić information content (AvgIpc) is 2.79. The third-order valence-electron chi connectivity index (χ3n) is 4.49. The molecule has 0 unspecified atom stereocenters. The lowest BCUT2D eigenvalue weighted by Gasteiger charge is -2.14. The van der Waals surface area contributed by atoms with Gasteiger partial charge in [0, 0.05) is 43.3 Å². The first kappa shape index (κ1) is 23.2. The molecule has 1 N–H and O–H groups in total. The molecular weight excluding hydrogens is 430 g/mol. The van der Waals surface area contributed by atoms with E-state index in [4.69, 9.17) is 9.47 Å². The van der Waals surface area contributed by atoms with Gasteiger partial charge in [0.15, 0.2) is 11.5 Å². The molecule has 0 aliphatic heterocycles. The highest BCUT2D eigenvalue weighted by atomic mass is 32.2. The number of nitrogens with one attached hydrogen (secondary N) is 1. The molecule has 32 heavy (non-hydrogen) atoms. The van der Waals surface area contributed by atoms with Crippen LogP contribution < -0.4 is 14.8 Å². The summed E-state index contributed by atoms with van der Waals surface area (Å²) in [7, 11) is -0.703. The summed E-state index contributed by atoms with van der Waals surface area (Å²) in [6.45, 7) is 2.56. The van der Waals surface area contributed by atoms with Gasteiger partial charge in [-0.05, 0) is 49.4 Å². The molecule has 1 heterocycles. The van der Waals surface area contributed by atoms with Gasteiger partial charge >= 0.3 is 0 Å². The van der Waals surface area contributed by atoms with Crippen LogP contribution in [0.5, 0.6) is 11.5 Å². The number of ether oxygens (including phenoxy) is 2. The van der Waals surface area contributed by atoms with Crippen molar-refractivity contribution in [3.8, 4) is 11.5 Å². The molecule has 0 bridgehead atoms. The van der Waals surface area contributed by atoms with Crippen molar-refractivity contribution in [3.05, 3.63) is 78.1 Å². The van der Waals surface area contributed by atoms with Crippen molar-refractivity contribution in [2.75, 3.05) is 26.0 Å². The van der Waals surface area contributed by atoms with Crippen LogP contribution in [0.1, 0.15) is 22.8 Å². The van der Waals surface area contributed by atoms with Crippen LogP contribution in [0.2, 0.25) is 0 Å². The summed E-state index contributed by atoms with van der Waals surface area (Å²) >= 11 is 0. The fourth-order valence-corrected chi connectivity index (χ4v) is 3.78. The number of hydrogen-bond donors (Lipinski definition) is 1. The molecule has 2 aromatic carbocycles. The van der Waals surface area contributed by atoms with E-state index < -0.39 is 15.9 Å². The number of amides is 1. The molecule has 0 radical (unpaired) electrons. The zero-order valence-electron chi connectivity index (χ0n) is 18.1. The van der Waals surface area contributed by atoms with Crippen LogP contribution in [0.25, 0.3) is 0 Å². The Morgan fingerprint density at radius 2 is 1.84 bits per heavy atom. The Morgan fingerprint density at radius 3 is 2.53 bits per heavy atom. The maximum atomic E-state index is 12.8. The van der Waals surface area contributed by atoms with Crippen LogP contribution in [0.3, 0.4) is 0 Å². The van der Waals surface area contributed by atoms with Gasteiger partial charge in [0.25, 0.3) is 5.91 Å². The molecule has 0 aliphatic carbocycles. The highest BCUT2D eigenvalue weighted by molar-refractivity contribution is 7.89. The van der Waals surface area contributed by atoms with Gasteiger partial charge in [-0.1, -0.05) is 12.1 Å². The first-order valence-corrected chi connectivity index (χ1v) is 11.4. The van der Waals surface area contributed by atoms with Crippen LogP contribution in [-0.4, -0.2) is 44.3 Å². The van der Waals surface area contributed by atoms with E-state index in [0.717, 1.165) is 9.87 Å². The molecule has 0 atom stereocenters. The predicted octanol–water partition coefficient (Wildman–Crippen LogP) is 3.56. The van der Waals surface area contributed by atoms with Gasteiger partial charge in [0.2, 0.25) is 10.0 Å². The largest absolute Gasteiger partial charge is 0.490 e. The lowest BCUT2D eigenvalue weighted by Crippen LogP contribution is -2.22. The zero-order valence-corrected chi connectivity index (χ0v) is 18.9. The molecule has 8 nitrogen and oxygen atoms in total. The molecule has 0 saturated carbocycles. The van der Waals surface area contributed by atoms with E-state index in [1.807, 2.05) is 19.1 Å². The maximum Gasteiger partial charge on any atom is 0.255 e. The van der Waals surface area contributed by atoms with Crippen molar-refractivity contribution in [3.63, 3.8) is 0 Å². The second-order valence-corrected chi connectivity index (χ2v) is 9.17. The Bertz CT molecular complexity index is 1180. The molecule has 9 heteroatoms. The van der Waals surface area contributed by atoms with Crippen LogP contribution in [0.4, 0.5) is 5.69 Å². The molecule has 0 saturated heterocycles. The summed E-state index contributed by atoms with van der Waals surface area (Å²) in [6.07, 6.45) is 3.40. The Labute approximate surface area is 187 Å². The van der Waals surface area contributed by atoms with Crippen molar-refractivity contribution in [2.24, 2.45) is 0 Å². The summed E-state index contributed by atoms with van der Waals surface area (Å²) in [5, 5.41) is 2.73. The molecule has 0 spiro atoms. The Balaban J connectivity index is 1.77. The minimum Gasteiger partial charge on any atom is -0.490 e. The monoisotopic (exact) mass is 455 g/mol. The van der Waals surface area contributed by atoms with Crippen LogP contribution in [0, 0.1) is 0 Å². The summed E-state index contributed by atoms with van der Waals surface area (Å²) in [5.41, 5.74) is 1.63. The first-order valence-electron chi connectivity index (χ1n) is 9.93. The van der Waals surface area contributed by atoms with Gasteiger partial charge in [-0.15, -0.1) is 0 Å². The Hall–Kier alpha value is -3.43. The van der Waals surface area contributed by atoms with E-state index in [0.29, 0.717) is 36.0 Å². The van der Waals surface area contributed by atoms with E-state index in [1.165, 1.54) is 26.2 Å². The molecular formula is C23H25N3O5S. The average molecular weight is 456 g/mol. The van der Waals surface area contributed by atoms with Crippen molar-refractivity contribution in [2.45, 2.75) is 18.4 Å². The lowest BCUT2D eigenvalue weighted by molar-refractivity contribution is 0.102. The highest BCUT2D eigenvalue weighted by Crippen LogP contribution is 2.30. The van der Waals surface area contributed by atoms with Crippen LogP contribution in [-0.2, 0) is 16.6 Å². The van der Waals surface area contributed by atoms with Gasteiger partial charge in [0.1, 0.15) is 6.61 Å². The third kappa shape index (κ3) is 5.63. The standard InChI is InChI=1S/C23H25N3O5S/c1-4-30-22-13-18(10-11-21(22)31-16-17-7-6-12-24-15-17)23(27)25-19-8-5-9-20(14-19)32(28,29)26(2)3/h5-15H,4,16H2,1-3H3,(H,25,27). The molecule has 0 aliphatic rings. The van der Waals surface area contributed by atoms with Crippen molar-refractivity contribution in [1.82, 2.24) is 9.29 Å². The molecule has 168 valence electrons. The highest BCUT2D eigenvalue weighted by Gasteiger charge is 2.18. The fraction of sp³-hybridized carbons (Fsp3) is 0.217. The number of carbonyl (C=O) groups excluding carboxylic acids is 1. The zero-order chi connectivity index (χ0) is 23.1. The van der Waals surface area contributed by atoms with Gasteiger partial charge in [0.05, 0.1) is 11.5 Å². The number of nitrogens with zero attached hydrogens (tertiary/aromatic N) is 2. The summed E-state index contributed by atoms with van der Waals surface area (Å²) < 4.78 is 37.3. The summed E-state index contributed by atoms with van der Waals surface area (Å²) in [4.78, 5) is 16.9. The minimum atomic E-state index is -3.61. The normalized spacial score (nSPS) is 11.2. The van der Waals surface area contributed by atoms with E-state index in [-0.39, 0.29) is 4.90 Å². The van der Waals surface area contributed by atoms with Crippen LogP contribution >= 0.6 is 0 Å². The number of pyridine rings is 1. The third-order valence-corrected chi connectivity index (χ3v) is 6.30. The maximum absolute atomic E-state index is 12.8. The summed E-state index contributed by atoms with van der Waals surface area (Å²) in [6, 6.07) is 14.7. The van der Waals surface area contributed by atoms with Gasteiger partial charge in [-0.2, -0.15) is 0 Å². The van der Waals surface area contributed by atoms with Crippen molar-refractivity contribution in [1.29, 1.82) is 0 Å². The molecule has 1 aromatic heterocycles. The number of benzene rings is 2. The number of aromatic nitrogens is 1. The van der Waals surface area contributed by atoms with E-state index in [2.05, 4.69) is 10.3 Å². The lowest BCUT2D eigenvalue weighted by atomic mass is 10.1. The predicted molar refractivity (Wildman–Crippen MR) is 121 cm³/mol. The second kappa shape index (κ2) is 10.3. The molecule has 0 fully saturated rings. The van der Waals surface area contributed by atoms with Gasteiger partial charge < -0.3 is 14.8 Å². The molecule has 3 rings (SSSR count). The number of rotatable bonds is 9. The van der Waals surface area contributed by atoms with E-state index >= 15 is 0 Å². The smallest absolute Gasteiger partial charge is 0.255 e. The van der Waals surface area contributed by atoms with Crippen molar-refractivity contribution >= 4 is 21.6 Å². The SMILES string of the molecule is CCOc1cc(C(=O)Nc2cccc(S(=O)(=O)N(C)C)c2)ccc1OCc1cccnc1. The summed E-state index contributed by atoms with van der Waals surface area (Å²) in [5.74, 6) is 0.545. The number of hydrogen-bond acceptors (Lipinski definition) is 6. The van der Waals surface area contributed by atoms with Crippen molar-refractivity contribution < 1.29 is 22.7 Å². The van der Waals surface area contributed by atoms with E-state index in [1.54, 1.807) is 42.7 Å². The number of carbonyl (C=O) groups is 1. The van der Waals surface area contributed by atoms with E-state index in [9.17, 15) is 13.2 Å². The number of anilines is 1. The Kier molecular flexibility index (Phi) is 7.45. The quantitative estimate of drug-likeness (QED) is 0.530. The Morgan fingerprint density at radius 1 is 1.03 bits per heavy atom. The van der Waals surface area contributed by atoms with Gasteiger partial charge in [-0.3, -0.25) is 9.78 Å². The molecule has 3 aromatic rings. The van der Waals surface area contributed by atoms with Crippen LogP contribution in [0.15, 0.2) is 71.9 Å². The minimum absolute atomic E-state index is 0.0921.